The number of nitrogens with zero attached hydrogens (tertiary/aromatic N) is 4. The van der Waals surface area contributed by atoms with Crippen LogP contribution >= 0.6 is 0 Å². The summed E-state index contributed by atoms with van der Waals surface area (Å²) >= 11 is 0. The molecule has 6 nitrogen and oxygen atoms in total. The molecular weight excluding hydrogens is 357 g/mol. The SMILES string of the molecule is CN(C)c1ncnc2cc(C(=O)N3CCC(N)(c4cccc(F)c4)C3)ccc12. The topological polar surface area (TPSA) is 75.4 Å². The number of benzene rings is 2. The number of hydrogen-bond donors (Lipinski definition) is 1. The van der Waals surface area contributed by atoms with Gasteiger partial charge in [-0.3, -0.25) is 4.79 Å². The average molecular weight is 379 g/mol. The molecule has 1 fully saturated rings. The van der Waals surface area contributed by atoms with Crippen molar-refractivity contribution in [2.45, 2.75) is 12.0 Å². The molecule has 1 atom stereocenters. The van der Waals surface area contributed by atoms with Crippen LogP contribution < -0.4 is 10.6 Å². The Morgan fingerprint density at radius 2 is 2.04 bits per heavy atom. The summed E-state index contributed by atoms with van der Waals surface area (Å²) in [6.07, 6.45) is 2.08. The number of likely N-dealkylation sites (tertiary alicyclic amines) is 1. The van der Waals surface area contributed by atoms with Crippen molar-refractivity contribution in [1.29, 1.82) is 0 Å². The summed E-state index contributed by atoms with van der Waals surface area (Å²) in [4.78, 5) is 25.3. The van der Waals surface area contributed by atoms with E-state index in [9.17, 15) is 9.18 Å². The highest BCUT2D eigenvalue weighted by Gasteiger charge is 2.38. The molecule has 1 aliphatic heterocycles. The molecule has 0 aliphatic carbocycles. The lowest BCUT2D eigenvalue weighted by Gasteiger charge is -2.25. The van der Waals surface area contributed by atoms with Crippen LogP contribution in [0.4, 0.5) is 10.2 Å². The summed E-state index contributed by atoms with van der Waals surface area (Å²) < 4.78 is 13.6. The molecule has 2 N–H and O–H groups in total. The van der Waals surface area contributed by atoms with Gasteiger partial charge in [-0.15, -0.1) is 0 Å². The molecule has 1 amide bonds. The summed E-state index contributed by atoms with van der Waals surface area (Å²) in [5.41, 5.74) is 7.75. The van der Waals surface area contributed by atoms with Crippen LogP contribution in [0.1, 0.15) is 22.3 Å². The largest absolute Gasteiger partial charge is 0.362 e. The third-order valence-corrected chi connectivity index (χ3v) is 5.27. The number of nitrogens with two attached hydrogens (primary N) is 1. The van der Waals surface area contributed by atoms with Gasteiger partial charge in [0.25, 0.3) is 5.91 Å². The zero-order valence-electron chi connectivity index (χ0n) is 15.9. The Kier molecular flexibility index (Phi) is 4.47. The molecule has 144 valence electrons. The van der Waals surface area contributed by atoms with Gasteiger partial charge in [0.05, 0.1) is 11.1 Å². The Bertz CT molecular complexity index is 1050. The molecule has 7 heteroatoms. The number of rotatable bonds is 3. The van der Waals surface area contributed by atoms with E-state index < -0.39 is 5.54 Å². The number of fused-ring (bicyclic) bond motifs is 1. The molecule has 1 unspecified atom stereocenters. The van der Waals surface area contributed by atoms with Crippen LogP contribution in [-0.4, -0.2) is 48.0 Å². The maximum atomic E-state index is 13.6. The molecule has 0 spiro atoms. The van der Waals surface area contributed by atoms with Gasteiger partial charge >= 0.3 is 0 Å². The minimum atomic E-state index is -0.741. The minimum absolute atomic E-state index is 0.101. The zero-order valence-corrected chi connectivity index (χ0v) is 15.9. The van der Waals surface area contributed by atoms with Crippen LogP contribution in [-0.2, 0) is 5.54 Å². The average Bonchev–Trinajstić information content (AvgIpc) is 3.10. The van der Waals surface area contributed by atoms with E-state index in [2.05, 4.69) is 9.97 Å². The van der Waals surface area contributed by atoms with Gasteiger partial charge in [-0.1, -0.05) is 12.1 Å². The number of carbonyl (C=O) groups is 1. The first kappa shape index (κ1) is 18.3. The minimum Gasteiger partial charge on any atom is -0.362 e. The van der Waals surface area contributed by atoms with Crippen molar-refractivity contribution in [1.82, 2.24) is 14.9 Å². The van der Waals surface area contributed by atoms with Crippen LogP contribution in [0, 0.1) is 5.82 Å². The molecule has 28 heavy (non-hydrogen) atoms. The molecule has 0 radical (unpaired) electrons. The van der Waals surface area contributed by atoms with Crippen molar-refractivity contribution in [2.75, 3.05) is 32.1 Å². The Balaban J connectivity index is 1.60. The second-order valence-electron chi connectivity index (χ2n) is 7.47. The van der Waals surface area contributed by atoms with Gasteiger partial charge in [-0.25, -0.2) is 14.4 Å². The van der Waals surface area contributed by atoms with E-state index in [-0.39, 0.29) is 11.7 Å². The first-order chi connectivity index (χ1) is 13.4. The van der Waals surface area contributed by atoms with Crippen LogP contribution in [0.5, 0.6) is 0 Å². The summed E-state index contributed by atoms with van der Waals surface area (Å²) in [6, 6.07) is 11.7. The van der Waals surface area contributed by atoms with E-state index in [0.717, 1.165) is 11.2 Å². The van der Waals surface area contributed by atoms with E-state index >= 15 is 0 Å². The molecule has 2 heterocycles. The normalized spacial score (nSPS) is 19.2. The lowest BCUT2D eigenvalue weighted by atomic mass is 9.90. The Morgan fingerprint density at radius 3 is 2.79 bits per heavy atom. The van der Waals surface area contributed by atoms with Crippen molar-refractivity contribution < 1.29 is 9.18 Å². The highest BCUT2D eigenvalue weighted by molar-refractivity contribution is 6.00. The van der Waals surface area contributed by atoms with Crippen molar-refractivity contribution in [3.63, 3.8) is 0 Å². The maximum absolute atomic E-state index is 13.6. The van der Waals surface area contributed by atoms with E-state index in [1.165, 1.54) is 18.5 Å². The fourth-order valence-corrected chi connectivity index (χ4v) is 3.76. The van der Waals surface area contributed by atoms with E-state index in [1.54, 1.807) is 23.1 Å². The number of hydrogen-bond acceptors (Lipinski definition) is 5. The number of halogens is 1. The van der Waals surface area contributed by atoms with Gasteiger partial charge in [-0.05, 0) is 42.3 Å². The van der Waals surface area contributed by atoms with E-state index in [4.69, 9.17) is 5.73 Å². The molecular formula is C21H22FN5O. The second kappa shape index (κ2) is 6.83. The summed E-state index contributed by atoms with van der Waals surface area (Å²) in [5, 5.41) is 0.887. The van der Waals surface area contributed by atoms with Gasteiger partial charge in [-0.2, -0.15) is 0 Å². The molecule has 2 aromatic carbocycles. The Labute approximate surface area is 162 Å². The predicted molar refractivity (Wildman–Crippen MR) is 107 cm³/mol. The number of aromatic nitrogens is 2. The van der Waals surface area contributed by atoms with E-state index in [0.29, 0.717) is 36.2 Å². The van der Waals surface area contributed by atoms with Gasteiger partial charge in [0.15, 0.2) is 0 Å². The molecule has 1 aromatic heterocycles. The molecule has 0 saturated carbocycles. The second-order valence-corrected chi connectivity index (χ2v) is 7.47. The van der Waals surface area contributed by atoms with Crippen molar-refractivity contribution >= 4 is 22.6 Å². The van der Waals surface area contributed by atoms with Crippen molar-refractivity contribution in [3.05, 3.63) is 65.7 Å². The van der Waals surface area contributed by atoms with Crippen LogP contribution in [0.3, 0.4) is 0 Å². The predicted octanol–water partition coefficient (Wildman–Crippen LogP) is 2.54. The fourth-order valence-electron chi connectivity index (χ4n) is 3.76. The Hall–Kier alpha value is -3.06. The molecule has 1 saturated heterocycles. The highest BCUT2D eigenvalue weighted by atomic mass is 19.1. The third-order valence-electron chi connectivity index (χ3n) is 5.27. The van der Waals surface area contributed by atoms with Crippen LogP contribution in [0.15, 0.2) is 48.8 Å². The standard InChI is InChI=1S/C21H22FN5O/c1-26(2)19-17-7-6-14(10-18(17)24-13-25-19)20(28)27-9-8-21(23,12-27)15-4-3-5-16(22)11-15/h3-7,10-11,13H,8-9,12,23H2,1-2H3. The molecule has 4 rings (SSSR count). The zero-order chi connectivity index (χ0) is 19.9. The van der Waals surface area contributed by atoms with Gasteiger partial charge in [0, 0.05) is 38.1 Å². The third kappa shape index (κ3) is 3.18. The smallest absolute Gasteiger partial charge is 0.254 e. The summed E-state index contributed by atoms with van der Waals surface area (Å²) in [5.74, 6) is 0.380. The van der Waals surface area contributed by atoms with Crippen molar-refractivity contribution in [2.24, 2.45) is 5.73 Å². The van der Waals surface area contributed by atoms with Crippen molar-refractivity contribution in [3.8, 4) is 0 Å². The lowest BCUT2D eigenvalue weighted by Crippen LogP contribution is -2.41. The summed E-state index contributed by atoms with van der Waals surface area (Å²) in [7, 11) is 3.83. The fraction of sp³-hybridized carbons (Fsp3) is 0.286. The molecule has 3 aromatic rings. The summed E-state index contributed by atoms with van der Waals surface area (Å²) in [6.45, 7) is 0.872. The van der Waals surface area contributed by atoms with Gasteiger partial charge in [0.2, 0.25) is 0 Å². The van der Waals surface area contributed by atoms with Crippen LogP contribution in [0.2, 0.25) is 0 Å². The Morgan fingerprint density at radius 1 is 1.21 bits per heavy atom. The lowest BCUT2D eigenvalue weighted by molar-refractivity contribution is 0.0784. The van der Waals surface area contributed by atoms with Gasteiger partial charge < -0.3 is 15.5 Å². The number of anilines is 1. The monoisotopic (exact) mass is 379 g/mol. The quantitative estimate of drug-likeness (QED) is 0.757. The van der Waals surface area contributed by atoms with Gasteiger partial charge in [0.1, 0.15) is 18.0 Å². The van der Waals surface area contributed by atoms with Crippen LogP contribution in [0.25, 0.3) is 10.9 Å². The first-order valence-electron chi connectivity index (χ1n) is 9.14. The number of carbonyl (C=O) groups excluding carboxylic acids is 1. The highest BCUT2D eigenvalue weighted by Crippen LogP contribution is 2.31. The maximum Gasteiger partial charge on any atom is 0.254 e. The molecule has 0 bridgehead atoms. The van der Waals surface area contributed by atoms with E-state index in [1.807, 2.05) is 31.1 Å². The molecule has 1 aliphatic rings. The first-order valence-corrected chi connectivity index (χ1v) is 9.14. The number of amides is 1.